The number of rotatable bonds is 2. The van der Waals surface area contributed by atoms with Gasteiger partial charge in [-0.25, -0.2) is 4.98 Å². The molecular formula is C13H11BrN2O2. The van der Waals surface area contributed by atoms with Crippen molar-refractivity contribution in [1.29, 1.82) is 0 Å². The van der Waals surface area contributed by atoms with Crippen LogP contribution in [0.4, 0.5) is 0 Å². The van der Waals surface area contributed by atoms with E-state index in [9.17, 15) is 0 Å². The largest absolute Gasteiger partial charge is 0.504 e. The molecule has 0 N–H and O–H groups in total. The van der Waals surface area contributed by atoms with E-state index in [1.807, 2.05) is 35.0 Å². The van der Waals surface area contributed by atoms with Gasteiger partial charge < -0.3 is 9.47 Å². The summed E-state index contributed by atoms with van der Waals surface area (Å²) in [6.45, 7) is 0.476. The van der Waals surface area contributed by atoms with Gasteiger partial charge in [0.1, 0.15) is 12.4 Å². The van der Waals surface area contributed by atoms with Crippen molar-refractivity contribution >= 4 is 22.0 Å². The van der Waals surface area contributed by atoms with E-state index in [1.165, 1.54) is 0 Å². The molecule has 0 radical (unpaired) electrons. The Labute approximate surface area is 113 Å². The highest BCUT2D eigenvalue weighted by atomic mass is 79.9. The summed E-state index contributed by atoms with van der Waals surface area (Å²) in [7, 11) is 1.61. The minimum absolute atomic E-state index is 0.476. The smallest absolute Gasteiger partial charge is 0.152 e. The molecule has 1 aliphatic heterocycles. The van der Waals surface area contributed by atoms with Gasteiger partial charge >= 0.3 is 0 Å². The number of benzene rings is 1. The molecule has 4 nitrogen and oxygen atoms in total. The molecule has 5 heteroatoms. The Kier molecular flexibility index (Phi) is 2.83. The third-order valence-electron chi connectivity index (χ3n) is 2.71. The lowest BCUT2D eigenvalue weighted by Crippen LogP contribution is -2.12. The van der Waals surface area contributed by atoms with Crippen molar-refractivity contribution in [3.05, 3.63) is 46.6 Å². The van der Waals surface area contributed by atoms with Crippen LogP contribution in [-0.4, -0.2) is 16.7 Å². The van der Waals surface area contributed by atoms with Crippen LogP contribution in [-0.2, 0) is 11.3 Å². The molecule has 0 unspecified atom stereocenters. The Morgan fingerprint density at radius 3 is 3.22 bits per heavy atom. The van der Waals surface area contributed by atoms with Gasteiger partial charge in [-0.15, -0.1) is 0 Å². The van der Waals surface area contributed by atoms with Crippen LogP contribution in [0.3, 0.4) is 0 Å². The SMILES string of the molecule is CO/C=C/c1cn2c(n1)COc1cc(Br)ccc1-2. The molecule has 0 fully saturated rings. The number of nitrogens with zero attached hydrogens (tertiary/aromatic N) is 2. The molecule has 1 aromatic heterocycles. The maximum atomic E-state index is 5.68. The predicted molar refractivity (Wildman–Crippen MR) is 71.6 cm³/mol. The molecule has 0 bridgehead atoms. The van der Waals surface area contributed by atoms with Gasteiger partial charge in [-0.3, -0.25) is 4.57 Å². The average molecular weight is 307 g/mol. The molecule has 2 heterocycles. The highest BCUT2D eigenvalue weighted by Crippen LogP contribution is 2.32. The second-order valence-corrected chi connectivity index (χ2v) is 4.81. The predicted octanol–water partition coefficient (Wildman–Crippen LogP) is 3.14. The normalized spacial score (nSPS) is 13.0. The maximum Gasteiger partial charge on any atom is 0.152 e. The minimum Gasteiger partial charge on any atom is -0.504 e. The molecule has 2 aromatic rings. The molecule has 0 spiro atoms. The van der Waals surface area contributed by atoms with E-state index in [1.54, 1.807) is 13.4 Å². The first-order valence-corrected chi connectivity index (χ1v) is 6.27. The Bertz CT molecular complexity index is 619. The highest BCUT2D eigenvalue weighted by molar-refractivity contribution is 9.10. The number of aromatic nitrogens is 2. The molecule has 0 aliphatic carbocycles. The second kappa shape index (κ2) is 4.49. The third-order valence-corrected chi connectivity index (χ3v) is 3.20. The summed E-state index contributed by atoms with van der Waals surface area (Å²) < 4.78 is 13.6. The number of hydrogen-bond acceptors (Lipinski definition) is 3. The first-order chi connectivity index (χ1) is 8.78. The van der Waals surface area contributed by atoms with Gasteiger partial charge in [0.05, 0.1) is 24.8 Å². The summed E-state index contributed by atoms with van der Waals surface area (Å²) in [6.07, 6.45) is 5.40. The lowest BCUT2D eigenvalue weighted by Gasteiger charge is -2.19. The monoisotopic (exact) mass is 306 g/mol. The quantitative estimate of drug-likeness (QED) is 0.800. The van der Waals surface area contributed by atoms with Crippen LogP contribution < -0.4 is 4.74 Å². The molecule has 0 saturated carbocycles. The number of methoxy groups -OCH3 is 1. The fourth-order valence-electron chi connectivity index (χ4n) is 1.91. The zero-order valence-electron chi connectivity index (χ0n) is 9.76. The van der Waals surface area contributed by atoms with Crippen LogP contribution in [0.5, 0.6) is 5.75 Å². The van der Waals surface area contributed by atoms with E-state index in [2.05, 4.69) is 20.9 Å². The van der Waals surface area contributed by atoms with Gasteiger partial charge in [-0.2, -0.15) is 0 Å². The van der Waals surface area contributed by atoms with E-state index < -0.39 is 0 Å². The first kappa shape index (κ1) is 11.3. The summed E-state index contributed by atoms with van der Waals surface area (Å²) in [5, 5.41) is 0. The molecule has 1 aromatic carbocycles. The van der Waals surface area contributed by atoms with Crippen LogP contribution in [0.1, 0.15) is 11.5 Å². The van der Waals surface area contributed by atoms with Gasteiger partial charge in [-0.1, -0.05) is 15.9 Å². The number of fused-ring (bicyclic) bond motifs is 3. The standard InChI is InChI=1S/C13H11BrN2O2/c1-17-5-4-10-7-16-11-3-2-9(14)6-12(11)18-8-13(16)15-10/h2-7H,8H2,1H3/b5-4+. The number of ether oxygens (including phenoxy) is 2. The Morgan fingerprint density at radius 2 is 2.39 bits per heavy atom. The van der Waals surface area contributed by atoms with Crippen LogP contribution in [0.15, 0.2) is 35.1 Å². The Hall–Kier alpha value is -1.75. The maximum absolute atomic E-state index is 5.68. The van der Waals surface area contributed by atoms with Crippen molar-refractivity contribution in [2.75, 3.05) is 7.11 Å². The van der Waals surface area contributed by atoms with Crippen molar-refractivity contribution in [3.63, 3.8) is 0 Å². The Balaban J connectivity index is 2.07. The fourth-order valence-corrected chi connectivity index (χ4v) is 2.25. The molecule has 92 valence electrons. The molecule has 0 atom stereocenters. The summed E-state index contributed by atoms with van der Waals surface area (Å²) in [5.41, 5.74) is 1.86. The van der Waals surface area contributed by atoms with Crippen LogP contribution in [0, 0.1) is 0 Å². The molecule has 3 rings (SSSR count). The van der Waals surface area contributed by atoms with Gasteiger partial charge in [-0.05, 0) is 24.3 Å². The van der Waals surface area contributed by atoms with Gasteiger partial charge in [0.2, 0.25) is 0 Å². The summed E-state index contributed by atoms with van der Waals surface area (Å²) >= 11 is 3.44. The molecular weight excluding hydrogens is 296 g/mol. The lowest BCUT2D eigenvalue weighted by molar-refractivity contribution is 0.279. The second-order valence-electron chi connectivity index (χ2n) is 3.89. The summed E-state index contributed by atoms with van der Waals surface area (Å²) in [4.78, 5) is 4.47. The summed E-state index contributed by atoms with van der Waals surface area (Å²) in [6, 6.07) is 5.96. The van der Waals surface area contributed by atoms with Crippen molar-refractivity contribution < 1.29 is 9.47 Å². The number of imidazole rings is 1. The van der Waals surface area contributed by atoms with E-state index in [-0.39, 0.29) is 0 Å². The molecule has 18 heavy (non-hydrogen) atoms. The van der Waals surface area contributed by atoms with Crippen LogP contribution >= 0.6 is 15.9 Å². The topological polar surface area (TPSA) is 36.3 Å². The van der Waals surface area contributed by atoms with E-state index in [4.69, 9.17) is 9.47 Å². The summed E-state index contributed by atoms with van der Waals surface area (Å²) in [5.74, 6) is 1.75. The van der Waals surface area contributed by atoms with E-state index in [0.29, 0.717) is 6.61 Å². The van der Waals surface area contributed by atoms with E-state index in [0.717, 1.165) is 27.4 Å². The first-order valence-electron chi connectivity index (χ1n) is 5.48. The van der Waals surface area contributed by atoms with Gasteiger partial charge in [0, 0.05) is 10.7 Å². The van der Waals surface area contributed by atoms with Crippen molar-refractivity contribution in [1.82, 2.24) is 9.55 Å². The fraction of sp³-hybridized carbons (Fsp3) is 0.154. The molecule has 0 saturated heterocycles. The van der Waals surface area contributed by atoms with Crippen molar-refractivity contribution in [3.8, 4) is 11.4 Å². The molecule has 1 aliphatic rings. The van der Waals surface area contributed by atoms with Crippen molar-refractivity contribution in [2.24, 2.45) is 0 Å². The zero-order chi connectivity index (χ0) is 12.5. The van der Waals surface area contributed by atoms with Crippen LogP contribution in [0.25, 0.3) is 11.8 Å². The van der Waals surface area contributed by atoms with Gasteiger partial charge in [0.25, 0.3) is 0 Å². The van der Waals surface area contributed by atoms with Crippen LogP contribution in [0.2, 0.25) is 0 Å². The van der Waals surface area contributed by atoms with E-state index >= 15 is 0 Å². The minimum atomic E-state index is 0.476. The average Bonchev–Trinajstić information content (AvgIpc) is 2.79. The Morgan fingerprint density at radius 1 is 1.50 bits per heavy atom. The molecule has 0 amide bonds. The van der Waals surface area contributed by atoms with Crippen molar-refractivity contribution in [2.45, 2.75) is 6.61 Å². The zero-order valence-corrected chi connectivity index (χ0v) is 11.3. The van der Waals surface area contributed by atoms with Gasteiger partial charge in [0.15, 0.2) is 5.82 Å². The third kappa shape index (κ3) is 1.90. The lowest BCUT2D eigenvalue weighted by atomic mass is 10.2. The number of halogens is 1. The highest BCUT2D eigenvalue weighted by Gasteiger charge is 2.18. The number of hydrogen-bond donors (Lipinski definition) is 0.